The van der Waals surface area contributed by atoms with Gasteiger partial charge in [0.15, 0.2) is 0 Å². The van der Waals surface area contributed by atoms with Crippen molar-refractivity contribution in [2.45, 2.75) is 50.2 Å². The summed E-state index contributed by atoms with van der Waals surface area (Å²) in [4.78, 5) is 15.6. The summed E-state index contributed by atoms with van der Waals surface area (Å²) in [7, 11) is 3.94. The number of benzene rings is 2. The Morgan fingerprint density at radius 3 is 2.71 bits per heavy atom. The fourth-order valence-electron chi connectivity index (χ4n) is 7.02. The summed E-state index contributed by atoms with van der Waals surface area (Å²) < 4.78 is 30.3. The third-order valence-electron chi connectivity index (χ3n) is 8.75. The van der Waals surface area contributed by atoms with Crippen LogP contribution in [-0.4, -0.2) is 52.8 Å². The van der Waals surface area contributed by atoms with Gasteiger partial charge < -0.3 is 10.2 Å². The fraction of sp³-hybridized carbons (Fsp3) is 0.517. The zero-order valence-corrected chi connectivity index (χ0v) is 22.0. The van der Waals surface area contributed by atoms with Crippen LogP contribution in [0.3, 0.4) is 0 Å². The van der Waals surface area contributed by atoms with Crippen molar-refractivity contribution in [3.8, 4) is 0 Å². The molecule has 0 bridgehead atoms. The molecule has 3 heterocycles. The lowest BCUT2D eigenvalue weighted by atomic mass is 9.74. The molecule has 0 spiro atoms. The number of hydrogen-bond donors (Lipinski definition) is 3. The summed E-state index contributed by atoms with van der Waals surface area (Å²) in [6.45, 7) is 1.51. The largest absolute Gasteiger partial charge is 0.352 e. The molecule has 6 unspecified atom stereocenters. The summed E-state index contributed by atoms with van der Waals surface area (Å²) in [5, 5.41) is 8.91. The molecule has 3 fully saturated rings. The average Bonchev–Trinajstić information content (AvgIpc) is 3.47. The van der Waals surface area contributed by atoms with Gasteiger partial charge in [0.1, 0.15) is 11.6 Å². The molecule has 2 saturated heterocycles. The van der Waals surface area contributed by atoms with Crippen LogP contribution in [0.4, 0.5) is 8.78 Å². The number of likely N-dealkylation sites (N-methyl/N-ethyl adjacent to an activating group) is 1. The molecule has 6 atom stereocenters. The minimum absolute atomic E-state index is 0.0255. The number of hydrogen-bond acceptors (Lipinski definition) is 5. The third-order valence-corrected chi connectivity index (χ3v) is 8.75. The Labute approximate surface area is 221 Å². The predicted molar refractivity (Wildman–Crippen MR) is 142 cm³/mol. The van der Waals surface area contributed by atoms with E-state index in [-0.39, 0.29) is 35.4 Å². The molecule has 38 heavy (non-hydrogen) atoms. The number of nitrogens with zero attached hydrogens (tertiary/aromatic N) is 3. The predicted octanol–water partition coefficient (Wildman–Crippen LogP) is 3.46. The molecule has 1 aliphatic carbocycles. The number of hydrazine groups is 1. The number of halogens is 2. The zero-order valence-electron chi connectivity index (χ0n) is 22.0. The van der Waals surface area contributed by atoms with E-state index < -0.39 is 11.6 Å². The molecule has 3 aromatic rings. The van der Waals surface area contributed by atoms with Crippen molar-refractivity contribution in [3.05, 3.63) is 65.4 Å². The maximum absolute atomic E-state index is 14.3. The summed E-state index contributed by atoms with van der Waals surface area (Å²) in [6.07, 6.45) is 5.70. The molecule has 6 rings (SSSR count). The standard InChI is InChI=1S/C29H36F2N6O/c1-36-14-17(11-22-24(30)4-3-5-25(22)31)10-21(16-36)32-29(38)19-7-9-27-23(13-19)28(34-33-27)18-6-8-26-20(12-18)15-37(2)35-26/h3-6,8,12,15,17,19,21,23,27-28,33-34H,7,9-11,13-14,16H2,1-2H3,(H,32,38). The van der Waals surface area contributed by atoms with E-state index in [9.17, 15) is 13.6 Å². The fourth-order valence-corrected chi connectivity index (χ4v) is 7.02. The minimum atomic E-state index is -0.494. The van der Waals surface area contributed by atoms with E-state index in [4.69, 9.17) is 0 Å². The molecule has 202 valence electrons. The van der Waals surface area contributed by atoms with Crippen molar-refractivity contribution >= 4 is 16.8 Å². The molecule has 3 aliphatic rings. The Kier molecular flexibility index (Phi) is 6.92. The number of amides is 1. The van der Waals surface area contributed by atoms with E-state index >= 15 is 0 Å². The topological polar surface area (TPSA) is 74.2 Å². The van der Waals surface area contributed by atoms with Gasteiger partial charge in [-0.05, 0) is 80.8 Å². The van der Waals surface area contributed by atoms with Crippen LogP contribution < -0.4 is 16.2 Å². The first-order chi connectivity index (χ1) is 18.3. The number of nitrogens with one attached hydrogen (secondary N) is 3. The van der Waals surface area contributed by atoms with Gasteiger partial charge in [-0.3, -0.25) is 14.9 Å². The molecule has 1 saturated carbocycles. The van der Waals surface area contributed by atoms with Crippen LogP contribution in [-0.2, 0) is 18.3 Å². The highest BCUT2D eigenvalue weighted by atomic mass is 19.1. The van der Waals surface area contributed by atoms with Gasteiger partial charge in [-0.25, -0.2) is 14.2 Å². The SMILES string of the molecule is CN1CC(Cc2c(F)cccc2F)CC(NC(=O)C2CCC3NNC(c4ccc5nn(C)cc5c4)C3C2)C1. The van der Waals surface area contributed by atoms with Crippen molar-refractivity contribution in [1.82, 2.24) is 30.8 Å². The Balaban J connectivity index is 1.10. The lowest BCUT2D eigenvalue weighted by molar-refractivity contribution is -0.127. The highest BCUT2D eigenvalue weighted by molar-refractivity contribution is 5.80. The number of likely N-dealkylation sites (tertiary alicyclic amines) is 1. The van der Waals surface area contributed by atoms with E-state index in [1.807, 2.05) is 25.0 Å². The summed E-state index contributed by atoms with van der Waals surface area (Å²) >= 11 is 0. The first-order valence-electron chi connectivity index (χ1n) is 13.7. The molecule has 2 aromatic carbocycles. The molecule has 0 radical (unpaired) electrons. The molecule has 1 amide bonds. The lowest BCUT2D eigenvalue weighted by Gasteiger charge is -2.38. The number of carbonyl (C=O) groups excluding carboxylic acids is 1. The van der Waals surface area contributed by atoms with Crippen LogP contribution in [0.1, 0.15) is 42.9 Å². The molecule has 9 heteroatoms. The quantitative estimate of drug-likeness (QED) is 0.479. The van der Waals surface area contributed by atoms with Gasteiger partial charge in [-0.2, -0.15) is 5.10 Å². The second-order valence-electron chi connectivity index (χ2n) is 11.6. The number of rotatable bonds is 5. The summed E-state index contributed by atoms with van der Waals surface area (Å²) in [5.74, 6) is -0.529. The number of aryl methyl sites for hydroxylation is 1. The first-order valence-corrected chi connectivity index (χ1v) is 13.7. The Bertz CT molecular complexity index is 1310. The Hall–Kier alpha value is -2.88. The maximum Gasteiger partial charge on any atom is 0.223 e. The van der Waals surface area contributed by atoms with Crippen LogP contribution in [0.2, 0.25) is 0 Å². The zero-order chi connectivity index (χ0) is 26.4. The summed E-state index contributed by atoms with van der Waals surface area (Å²) in [6, 6.07) is 10.9. The molecular formula is C29H36F2N6O. The molecule has 2 aliphatic heterocycles. The van der Waals surface area contributed by atoms with E-state index in [2.05, 4.69) is 44.4 Å². The van der Waals surface area contributed by atoms with Crippen LogP contribution in [0, 0.1) is 29.4 Å². The van der Waals surface area contributed by atoms with Gasteiger partial charge in [0.25, 0.3) is 0 Å². The van der Waals surface area contributed by atoms with Crippen molar-refractivity contribution in [3.63, 3.8) is 0 Å². The Morgan fingerprint density at radius 2 is 1.89 bits per heavy atom. The molecule has 7 nitrogen and oxygen atoms in total. The maximum atomic E-state index is 14.3. The van der Waals surface area contributed by atoms with Crippen LogP contribution in [0.25, 0.3) is 10.9 Å². The van der Waals surface area contributed by atoms with E-state index in [1.54, 1.807) is 0 Å². The van der Waals surface area contributed by atoms with Gasteiger partial charge in [0, 0.05) is 55.3 Å². The number of aromatic nitrogens is 2. The van der Waals surface area contributed by atoms with Gasteiger partial charge >= 0.3 is 0 Å². The van der Waals surface area contributed by atoms with E-state index in [0.29, 0.717) is 18.4 Å². The average molecular weight is 523 g/mol. The monoisotopic (exact) mass is 522 g/mol. The number of piperidine rings is 1. The van der Waals surface area contributed by atoms with Crippen molar-refractivity contribution in [2.24, 2.45) is 24.8 Å². The molecular weight excluding hydrogens is 486 g/mol. The number of fused-ring (bicyclic) bond motifs is 2. The first kappa shape index (κ1) is 25.4. The smallest absolute Gasteiger partial charge is 0.223 e. The van der Waals surface area contributed by atoms with Crippen molar-refractivity contribution < 1.29 is 13.6 Å². The third kappa shape index (κ3) is 5.07. The van der Waals surface area contributed by atoms with E-state index in [1.165, 1.54) is 23.8 Å². The highest BCUT2D eigenvalue weighted by Crippen LogP contribution is 2.41. The van der Waals surface area contributed by atoms with Crippen LogP contribution in [0.15, 0.2) is 42.6 Å². The van der Waals surface area contributed by atoms with Crippen LogP contribution >= 0.6 is 0 Å². The second kappa shape index (κ2) is 10.4. The van der Waals surface area contributed by atoms with Crippen molar-refractivity contribution in [1.29, 1.82) is 0 Å². The van der Waals surface area contributed by atoms with Gasteiger partial charge in [-0.1, -0.05) is 12.1 Å². The van der Waals surface area contributed by atoms with Gasteiger partial charge in [-0.15, -0.1) is 0 Å². The highest BCUT2D eigenvalue weighted by Gasteiger charge is 2.43. The molecule has 3 N–H and O–H groups in total. The Morgan fingerprint density at radius 1 is 1.08 bits per heavy atom. The van der Waals surface area contributed by atoms with Crippen LogP contribution in [0.5, 0.6) is 0 Å². The van der Waals surface area contributed by atoms with Crippen molar-refractivity contribution in [2.75, 3.05) is 20.1 Å². The minimum Gasteiger partial charge on any atom is -0.352 e. The van der Waals surface area contributed by atoms with E-state index in [0.717, 1.165) is 49.7 Å². The second-order valence-corrected chi connectivity index (χ2v) is 11.6. The van der Waals surface area contributed by atoms with Gasteiger partial charge in [0.2, 0.25) is 5.91 Å². The number of carbonyl (C=O) groups is 1. The molecule has 1 aromatic heterocycles. The van der Waals surface area contributed by atoms with Gasteiger partial charge in [0.05, 0.1) is 11.6 Å². The summed E-state index contributed by atoms with van der Waals surface area (Å²) in [5.41, 5.74) is 9.31. The normalized spacial score (nSPS) is 29.9. The lowest BCUT2D eigenvalue weighted by Crippen LogP contribution is -2.52.